The van der Waals surface area contributed by atoms with Gasteiger partial charge in [0.25, 0.3) is 0 Å². The van der Waals surface area contributed by atoms with Crippen molar-refractivity contribution in [2.24, 2.45) is 0 Å². The minimum absolute atomic E-state index is 0.205. The largest absolute Gasteiger partial charge is 0.379 e. The Morgan fingerprint density at radius 3 is 2.57 bits per heavy atom. The summed E-state index contributed by atoms with van der Waals surface area (Å²) in [6, 6.07) is 7.66. The van der Waals surface area contributed by atoms with E-state index < -0.39 is 0 Å². The van der Waals surface area contributed by atoms with Crippen LogP contribution >= 0.6 is 0 Å². The van der Waals surface area contributed by atoms with Gasteiger partial charge in [-0.25, -0.2) is 0 Å². The standard InChI is InChI=1S/C11H15NO2/c1-8(2)10-6-4-5-7-11(10)14-12-9(3)13/h4-8H,1-3H3,(H,12,13). The van der Waals surface area contributed by atoms with Gasteiger partial charge in [-0.3, -0.25) is 4.79 Å². The lowest BCUT2D eigenvalue weighted by atomic mass is 10.0. The van der Waals surface area contributed by atoms with Gasteiger partial charge in [0.05, 0.1) is 0 Å². The van der Waals surface area contributed by atoms with E-state index in [1.54, 1.807) is 0 Å². The molecule has 14 heavy (non-hydrogen) atoms. The van der Waals surface area contributed by atoms with Crippen molar-refractivity contribution in [1.29, 1.82) is 0 Å². The van der Waals surface area contributed by atoms with E-state index in [0.717, 1.165) is 5.56 Å². The number of nitrogens with one attached hydrogen (secondary N) is 1. The molecule has 0 saturated heterocycles. The normalized spacial score (nSPS) is 10.0. The summed E-state index contributed by atoms with van der Waals surface area (Å²) in [6.07, 6.45) is 0. The van der Waals surface area contributed by atoms with E-state index in [1.165, 1.54) is 6.92 Å². The van der Waals surface area contributed by atoms with Crippen molar-refractivity contribution < 1.29 is 9.63 Å². The Bertz CT molecular complexity index is 321. The first-order valence-electron chi connectivity index (χ1n) is 4.63. The Kier molecular flexibility index (Phi) is 3.51. The monoisotopic (exact) mass is 193 g/mol. The number of para-hydroxylation sites is 1. The van der Waals surface area contributed by atoms with Crippen molar-refractivity contribution in [3.05, 3.63) is 29.8 Å². The molecule has 0 unspecified atom stereocenters. The topological polar surface area (TPSA) is 38.3 Å². The molecule has 0 aliphatic heterocycles. The molecule has 1 aromatic carbocycles. The Morgan fingerprint density at radius 2 is 2.00 bits per heavy atom. The molecule has 1 rings (SSSR count). The number of carbonyl (C=O) groups is 1. The summed E-state index contributed by atoms with van der Waals surface area (Å²) in [5.41, 5.74) is 3.40. The molecular formula is C11H15NO2. The highest BCUT2D eigenvalue weighted by Gasteiger charge is 2.07. The van der Waals surface area contributed by atoms with E-state index in [-0.39, 0.29) is 5.91 Å². The summed E-state index contributed by atoms with van der Waals surface area (Å²) in [7, 11) is 0. The number of amides is 1. The number of benzene rings is 1. The highest BCUT2D eigenvalue weighted by Crippen LogP contribution is 2.24. The third-order valence-electron chi connectivity index (χ3n) is 1.85. The van der Waals surface area contributed by atoms with Crippen LogP contribution in [0.2, 0.25) is 0 Å². The third kappa shape index (κ3) is 2.76. The molecule has 0 fully saturated rings. The minimum Gasteiger partial charge on any atom is -0.379 e. The summed E-state index contributed by atoms with van der Waals surface area (Å²) >= 11 is 0. The fraction of sp³-hybridized carbons (Fsp3) is 0.364. The maximum atomic E-state index is 10.7. The summed E-state index contributed by atoms with van der Waals surface area (Å²) < 4.78 is 0. The number of hydrogen-bond acceptors (Lipinski definition) is 2. The van der Waals surface area contributed by atoms with Crippen molar-refractivity contribution in [3.8, 4) is 5.75 Å². The first-order valence-corrected chi connectivity index (χ1v) is 4.63. The summed E-state index contributed by atoms with van der Waals surface area (Å²) in [4.78, 5) is 15.8. The molecule has 0 atom stereocenters. The molecular weight excluding hydrogens is 178 g/mol. The van der Waals surface area contributed by atoms with Gasteiger partial charge in [-0.15, -0.1) is 0 Å². The molecule has 1 amide bonds. The van der Waals surface area contributed by atoms with Crippen LogP contribution in [-0.2, 0) is 4.79 Å². The average molecular weight is 193 g/mol. The zero-order valence-electron chi connectivity index (χ0n) is 8.70. The van der Waals surface area contributed by atoms with Crippen molar-refractivity contribution in [1.82, 2.24) is 5.48 Å². The van der Waals surface area contributed by atoms with Crippen LogP contribution < -0.4 is 10.3 Å². The second-order valence-corrected chi connectivity index (χ2v) is 3.45. The SMILES string of the molecule is CC(=O)NOc1ccccc1C(C)C. The number of hydrogen-bond donors (Lipinski definition) is 1. The lowest BCUT2D eigenvalue weighted by molar-refractivity contribution is -0.125. The van der Waals surface area contributed by atoms with E-state index in [0.29, 0.717) is 11.7 Å². The first-order chi connectivity index (χ1) is 6.61. The van der Waals surface area contributed by atoms with Crippen molar-refractivity contribution in [2.75, 3.05) is 0 Å². The van der Waals surface area contributed by atoms with E-state index in [4.69, 9.17) is 4.84 Å². The Balaban J connectivity index is 2.79. The van der Waals surface area contributed by atoms with Crippen LogP contribution in [-0.4, -0.2) is 5.91 Å². The number of carbonyl (C=O) groups excluding carboxylic acids is 1. The van der Waals surface area contributed by atoms with Crippen LogP contribution in [0.4, 0.5) is 0 Å². The highest BCUT2D eigenvalue weighted by molar-refractivity contribution is 5.71. The molecule has 1 aromatic rings. The highest BCUT2D eigenvalue weighted by atomic mass is 16.7. The maximum Gasteiger partial charge on any atom is 0.249 e. The molecule has 0 aromatic heterocycles. The van der Waals surface area contributed by atoms with Gasteiger partial charge in [0.1, 0.15) is 0 Å². The lowest BCUT2D eigenvalue weighted by Gasteiger charge is -2.12. The van der Waals surface area contributed by atoms with Gasteiger partial charge in [-0.1, -0.05) is 32.0 Å². The fourth-order valence-corrected chi connectivity index (χ4v) is 1.18. The Hall–Kier alpha value is -1.51. The van der Waals surface area contributed by atoms with Gasteiger partial charge in [0.2, 0.25) is 5.91 Å². The maximum absolute atomic E-state index is 10.7. The lowest BCUT2D eigenvalue weighted by Crippen LogP contribution is -2.24. The van der Waals surface area contributed by atoms with E-state index in [2.05, 4.69) is 19.3 Å². The smallest absolute Gasteiger partial charge is 0.249 e. The van der Waals surface area contributed by atoms with E-state index in [1.807, 2.05) is 24.3 Å². The quantitative estimate of drug-likeness (QED) is 0.747. The van der Waals surface area contributed by atoms with Gasteiger partial charge in [-0.2, -0.15) is 5.48 Å². The molecule has 0 radical (unpaired) electrons. The van der Waals surface area contributed by atoms with Crippen LogP contribution in [0.25, 0.3) is 0 Å². The first kappa shape index (κ1) is 10.6. The molecule has 0 bridgehead atoms. The van der Waals surface area contributed by atoms with Crippen molar-refractivity contribution in [2.45, 2.75) is 26.7 Å². The predicted molar refractivity (Wildman–Crippen MR) is 55.0 cm³/mol. The van der Waals surface area contributed by atoms with Crippen molar-refractivity contribution >= 4 is 5.91 Å². The molecule has 0 saturated carbocycles. The second-order valence-electron chi connectivity index (χ2n) is 3.45. The van der Waals surface area contributed by atoms with Gasteiger partial charge in [0, 0.05) is 6.92 Å². The summed E-state index contributed by atoms with van der Waals surface area (Å²) in [5, 5.41) is 0. The average Bonchev–Trinajstić information content (AvgIpc) is 2.15. The fourth-order valence-electron chi connectivity index (χ4n) is 1.18. The van der Waals surface area contributed by atoms with Gasteiger partial charge in [0.15, 0.2) is 5.75 Å². The Morgan fingerprint density at radius 1 is 1.36 bits per heavy atom. The van der Waals surface area contributed by atoms with Crippen LogP contribution in [0.5, 0.6) is 5.75 Å². The molecule has 0 aliphatic carbocycles. The van der Waals surface area contributed by atoms with Crippen LogP contribution in [0, 0.1) is 0 Å². The number of hydroxylamine groups is 1. The van der Waals surface area contributed by atoms with Gasteiger partial charge >= 0.3 is 0 Å². The zero-order chi connectivity index (χ0) is 10.6. The molecule has 0 aliphatic rings. The van der Waals surface area contributed by atoms with Crippen LogP contribution in [0.15, 0.2) is 24.3 Å². The summed E-state index contributed by atoms with van der Waals surface area (Å²) in [5.74, 6) is 0.876. The number of rotatable bonds is 3. The van der Waals surface area contributed by atoms with Crippen LogP contribution in [0.1, 0.15) is 32.3 Å². The molecule has 3 nitrogen and oxygen atoms in total. The summed E-state index contributed by atoms with van der Waals surface area (Å²) in [6.45, 7) is 5.57. The zero-order valence-corrected chi connectivity index (χ0v) is 8.70. The van der Waals surface area contributed by atoms with Gasteiger partial charge < -0.3 is 4.84 Å². The molecule has 1 N–H and O–H groups in total. The predicted octanol–water partition coefficient (Wildman–Crippen LogP) is 2.24. The van der Waals surface area contributed by atoms with Crippen molar-refractivity contribution in [3.63, 3.8) is 0 Å². The molecule has 76 valence electrons. The molecule has 0 heterocycles. The van der Waals surface area contributed by atoms with Gasteiger partial charge in [-0.05, 0) is 17.5 Å². The third-order valence-corrected chi connectivity index (χ3v) is 1.85. The van der Waals surface area contributed by atoms with E-state index >= 15 is 0 Å². The molecule has 3 heteroatoms. The van der Waals surface area contributed by atoms with E-state index in [9.17, 15) is 4.79 Å². The van der Waals surface area contributed by atoms with Crippen LogP contribution in [0.3, 0.4) is 0 Å². The Labute approximate surface area is 84.0 Å². The minimum atomic E-state index is -0.205. The molecule has 0 spiro atoms. The second kappa shape index (κ2) is 4.65.